The number of hydrogen-bond donors (Lipinski definition) is 2. The van der Waals surface area contributed by atoms with Gasteiger partial charge in [0.2, 0.25) is 0 Å². The maximum atomic E-state index is 9.57. The van der Waals surface area contributed by atoms with Crippen molar-refractivity contribution in [1.82, 2.24) is 5.32 Å². The minimum absolute atomic E-state index is 0.188. The molecule has 13 heavy (non-hydrogen) atoms. The van der Waals surface area contributed by atoms with Crippen molar-refractivity contribution >= 4 is 0 Å². The van der Waals surface area contributed by atoms with E-state index in [9.17, 15) is 5.11 Å². The van der Waals surface area contributed by atoms with Crippen molar-refractivity contribution in [3.8, 4) is 12.3 Å². The molecule has 2 heteroatoms. The van der Waals surface area contributed by atoms with Crippen molar-refractivity contribution in [1.29, 1.82) is 0 Å². The van der Waals surface area contributed by atoms with Gasteiger partial charge in [-0.1, -0.05) is 20.8 Å². The summed E-state index contributed by atoms with van der Waals surface area (Å²) >= 11 is 0. The van der Waals surface area contributed by atoms with Gasteiger partial charge in [-0.3, -0.25) is 0 Å². The monoisotopic (exact) mass is 183 g/mol. The first kappa shape index (κ1) is 12.5. The van der Waals surface area contributed by atoms with Gasteiger partial charge in [-0.25, -0.2) is 0 Å². The summed E-state index contributed by atoms with van der Waals surface area (Å²) in [5.41, 5.74) is 0.188. The van der Waals surface area contributed by atoms with Crippen LogP contribution in [0.5, 0.6) is 0 Å². The molecule has 0 aromatic rings. The van der Waals surface area contributed by atoms with Gasteiger partial charge in [0, 0.05) is 19.5 Å². The van der Waals surface area contributed by atoms with E-state index >= 15 is 0 Å². The SMILES string of the molecule is C#CCCNCC(O)CC(C)(C)C. The molecule has 0 saturated heterocycles. The summed E-state index contributed by atoms with van der Waals surface area (Å²) in [5.74, 6) is 2.55. The molecule has 0 amide bonds. The van der Waals surface area contributed by atoms with Gasteiger partial charge in [-0.2, -0.15) is 0 Å². The molecule has 0 spiro atoms. The predicted molar refractivity (Wildman–Crippen MR) is 56.4 cm³/mol. The highest BCUT2D eigenvalue weighted by atomic mass is 16.3. The summed E-state index contributed by atoms with van der Waals surface area (Å²) < 4.78 is 0. The molecule has 0 aromatic heterocycles. The van der Waals surface area contributed by atoms with Crippen LogP contribution in [0.25, 0.3) is 0 Å². The van der Waals surface area contributed by atoms with Gasteiger partial charge in [0.1, 0.15) is 0 Å². The van der Waals surface area contributed by atoms with Gasteiger partial charge in [-0.05, 0) is 11.8 Å². The standard InChI is InChI=1S/C11H21NO/c1-5-6-7-12-9-10(13)8-11(2,3)4/h1,10,12-13H,6-9H2,2-4H3. The molecule has 0 bridgehead atoms. The highest BCUT2D eigenvalue weighted by molar-refractivity contribution is 4.84. The van der Waals surface area contributed by atoms with Gasteiger partial charge < -0.3 is 10.4 Å². The van der Waals surface area contributed by atoms with Crippen LogP contribution in [0.1, 0.15) is 33.6 Å². The van der Waals surface area contributed by atoms with Crippen molar-refractivity contribution in [2.24, 2.45) is 5.41 Å². The Hall–Kier alpha value is -0.520. The fourth-order valence-corrected chi connectivity index (χ4v) is 1.21. The summed E-state index contributed by atoms with van der Waals surface area (Å²) in [5, 5.41) is 12.7. The molecular weight excluding hydrogens is 162 g/mol. The normalized spacial score (nSPS) is 13.8. The summed E-state index contributed by atoms with van der Waals surface area (Å²) in [6.07, 6.45) is 6.37. The van der Waals surface area contributed by atoms with Crippen molar-refractivity contribution < 1.29 is 5.11 Å². The van der Waals surface area contributed by atoms with Crippen LogP contribution >= 0.6 is 0 Å². The molecule has 76 valence electrons. The lowest BCUT2D eigenvalue weighted by Crippen LogP contribution is -2.30. The Bertz CT molecular complexity index is 164. The molecule has 0 fully saturated rings. The van der Waals surface area contributed by atoms with E-state index in [2.05, 4.69) is 32.0 Å². The molecule has 0 rings (SSSR count). The Morgan fingerprint density at radius 1 is 1.46 bits per heavy atom. The highest BCUT2D eigenvalue weighted by Crippen LogP contribution is 2.20. The second-order valence-corrected chi connectivity index (χ2v) is 4.58. The molecule has 1 unspecified atom stereocenters. The topological polar surface area (TPSA) is 32.3 Å². The van der Waals surface area contributed by atoms with Crippen LogP contribution in [0, 0.1) is 17.8 Å². The molecule has 2 nitrogen and oxygen atoms in total. The van der Waals surface area contributed by atoms with Gasteiger partial charge in [-0.15, -0.1) is 12.3 Å². The van der Waals surface area contributed by atoms with Crippen LogP contribution in [0.15, 0.2) is 0 Å². The zero-order valence-corrected chi connectivity index (χ0v) is 8.93. The molecule has 0 saturated carbocycles. The summed E-state index contributed by atoms with van der Waals surface area (Å²) in [6.45, 7) is 7.80. The van der Waals surface area contributed by atoms with Crippen LogP contribution in [-0.4, -0.2) is 24.3 Å². The number of rotatable bonds is 5. The first-order chi connectivity index (χ1) is 5.95. The van der Waals surface area contributed by atoms with Gasteiger partial charge in [0.15, 0.2) is 0 Å². The molecule has 0 radical (unpaired) electrons. The van der Waals surface area contributed by atoms with E-state index in [0.717, 1.165) is 19.4 Å². The number of nitrogens with one attached hydrogen (secondary N) is 1. The van der Waals surface area contributed by atoms with E-state index in [1.54, 1.807) is 0 Å². The van der Waals surface area contributed by atoms with E-state index < -0.39 is 0 Å². The Labute approximate surface area is 81.7 Å². The van der Waals surface area contributed by atoms with Crippen molar-refractivity contribution in [2.45, 2.75) is 39.7 Å². The van der Waals surface area contributed by atoms with Crippen molar-refractivity contribution in [3.63, 3.8) is 0 Å². The Morgan fingerprint density at radius 2 is 2.08 bits per heavy atom. The van der Waals surface area contributed by atoms with E-state index in [4.69, 9.17) is 6.42 Å². The summed E-state index contributed by atoms with van der Waals surface area (Å²) in [6, 6.07) is 0. The summed E-state index contributed by atoms with van der Waals surface area (Å²) in [7, 11) is 0. The second kappa shape index (κ2) is 6.01. The molecule has 0 aliphatic carbocycles. The number of terminal acetylenes is 1. The molecule has 0 aliphatic rings. The molecule has 1 atom stereocenters. The third-order valence-corrected chi connectivity index (χ3v) is 1.67. The fourth-order valence-electron chi connectivity index (χ4n) is 1.21. The van der Waals surface area contributed by atoms with Gasteiger partial charge >= 0.3 is 0 Å². The lowest BCUT2D eigenvalue weighted by Gasteiger charge is -2.22. The first-order valence-corrected chi connectivity index (χ1v) is 4.78. The van der Waals surface area contributed by atoms with E-state index in [-0.39, 0.29) is 11.5 Å². The molecule has 0 aromatic carbocycles. The molecule has 0 heterocycles. The average molecular weight is 183 g/mol. The van der Waals surface area contributed by atoms with E-state index in [1.807, 2.05) is 0 Å². The number of aliphatic hydroxyl groups excluding tert-OH is 1. The van der Waals surface area contributed by atoms with Gasteiger partial charge in [0.05, 0.1) is 6.10 Å². The molecule has 0 aliphatic heterocycles. The predicted octanol–water partition coefficient (Wildman–Crippen LogP) is 1.40. The highest BCUT2D eigenvalue weighted by Gasteiger charge is 2.15. The van der Waals surface area contributed by atoms with Crippen molar-refractivity contribution in [2.75, 3.05) is 13.1 Å². The zero-order chi connectivity index (χ0) is 10.3. The quantitative estimate of drug-likeness (QED) is 0.499. The Balaban J connectivity index is 3.42. The van der Waals surface area contributed by atoms with Crippen LogP contribution in [0.4, 0.5) is 0 Å². The first-order valence-electron chi connectivity index (χ1n) is 4.78. The van der Waals surface area contributed by atoms with Gasteiger partial charge in [0.25, 0.3) is 0 Å². The lowest BCUT2D eigenvalue weighted by atomic mass is 9.89. The maximum absolute atomic E-state index is 9.57. The summed E-state index contributed by atoms with van der Waals surface area (Å²) in [4.78, 5) is 0. The average Bonchev–Trinajstić information content (AvgIpc) is 1.94. The maximum Gasteiger partial charge on any atom is 0.0669 e. The van der Waals surface area contributed by atoms with Crippen LogP contribution < -0.4 is 5.32 Å². The van der Waals surface area contributed by atoms with Crippen LogP contribution in [0.2, 0.25) is 0 Å². The minimum Gasteiger partial charge on any atom is -0.392 e. The van der Waals surface area contributed by atoms with Crippen LogP contribution in [-0.2, 0) is 0 Å². The lowest BCUT2D eigenvalue weighted by molar-refractivity contribution is 0.120. The largest absolute Gasteiger partial charge is 0.392 e. The van der Waals surface area contributed by atoms with Crippen LogP contribution in [0.3, 0.4) is 0 Å². The Morgan fingerprint density at radius 3 is 2.54 bits per heavy atom. The minimum atomic E-state index is -0.266. The third-order valence-electron chi connectivity index (χ3n) is 1.67. The van der Waals surface area contributed by atoms with E-state index in [1.165, 1.54) is 0 Å². The second-order valence-electron chi connectivity index (χ2n) is 4.58. The van der Waals surface area contributed by atoms with E-state index in [0.29, 0.717) is 6.54 Å². The number of aliphatic hydroxyl groups is 1. The van der Waals surface area contributed by atoms with Crippen molar-refractivity contribution in [3.05, 3.63) is 0 Å². The third kappa shape index (κ3) is 9.39. The fraction of sp³-hybridized carbons (Fsp3) is 0.818. The molecule has 2 N–H and O–H groups in total. The zero-order valence-electron chi connectivity index (χ0n) is 8.93. The number of hydrogen-bond acceptors (Lipinski definition) is 2. The smallest absolute Gasteiger partial charge is 0.0669 e. The Kier molecular flexibility index (Phi) is 5.77. The molecular formula is C11H21NO.